The van der Waals surface area contributed by atoms with Gasteiger partial charge in [-0.2, -0.15) is 15.4 Å². The van der Waals surface area contributed by atoms with Crippen LogP contribution in [0.5, 0.6) is 5.88 Å². The number of nitrogens with two attached hydrogens (primary N) is 1. The lowest BCUT2D eigenvalue weighted by Crippen LogP contribution is -2.03. The van der Waals surface area contributed by atoms with Crippen molar-refractivity contribution in [2.24, 2.45) is 12.8 Å². The molecule has 0 amide bonds. The first-order valence-electron chi connectivity index (χ1n) is 7.59. The molecule has 0 aliphatic carbocycles. The number of aryl methyl sites for hydroxylation is 1. The quantitative estimate of drug-likeness (QED) is 0.396. The molecule has 0 aliphatic heterocycles. The maximum atomic E-state index is 11.5. The van der Waals surface area contributed by atoms with E-state index in [1.54, 1.807) is 7.05 Å². The molecule has 9 nitrogen and oxygen atoms in total. The highest BCUT2D eigenvalue weighted by Gasteiger charge is 2.14. The summed E-state index contributed by atoms with van der Waals surface area (Å²) >= 11 is 0. The number of rotatable bonds is 5. The SMILES string of the molecule is COC(=O)c1cc(OCc2cccc(-c3n[nH]nc3C#CN)c2)n(C)n1. The fourth-order valence-electron chi connectivity index (χ4n) is 2.34. The zero-order chi connectivity index (χ0) is 18.5. The summed E-state index contributed by atoms with van der Waals surface area (Å²) in [5.41, 5.74) is 8.25. The minimum Gasteiger partial charge on any atom is -0.473 e. The van der Waals surface area contributed by atoms with Crippen molar-refractivity contribution in [1.29, 1.82) is 0 Å². The Balaban J connectivity index is 1.77. The van der Waals surface area contributed by atoms with E-state index in [2.05, 4.69) is 37.2 Å². The van der Waals surface area contributed by atoms with E-state index in [0.29, 0.717) is 17.3 Å². The minimum absolute atomic E-state index is 0.186. The molecule has 132 valence electrons. The van der Waals surface area contributed by atoms with Gasteiger partial charge in [0.1, 0.15) is 12.3 Å². The summed E-state index contributed by atoms with van der Waals surface area (Å²) in [7, 11) is 2.99. The van der Waals surface area contributed by atoms with Crippen LogP contribution in [0.15, 0.2) is 30.3 Å². The molecule has 2 heterocycles. The van der Waals surface area contributed by atoms with Crippen molar-refractivity contribution >= 4 is 5.97 Å². The smallest absolute Gasteiger partial charge is 0.358 e. The first-order valence-corrected chi connectivity index (χ1v) is 7.59. The molecule has 0 radical (unpaired) electrons. The lowest BCUT2D eigenvalue weighted by molar-refractivity contribution is 0.0593. The zero-order valence-corrected chi connectivity index (χ0v) is 14.2. The average molecular weight is 352 g/mol. The number of H-pyrrole nitrogens is 1. The van der Waals surface area contributed by atoms with Gasteiger partial charge in [0.25, 0.3) is 0 Å². The van der Waals surface area contributed by atoms with Gasteiger partial charge in [-0.3, -0.25) is 0 Å². The van der Waals surface area contributed by atoms with Gasteiger partial charge in [-0.05, 0) is 17.6 Å². The number of benzene rings is 1. The summed E-state index contributed by atoms with van der Waals surface area (Å²) in [6, 6.07) is 11.4. The van der Waals surface area contributed by atoms with Crippen LogP contribution >= 0.6 is 0 Å². The number of esters is 1. The molecule has 3 N–H and O–H groups in total. The van der Waals surface area contributed by atoms with E-state index in [1.807, 2.05) is 24.3 Å². The van der Waals surface area contributed by atoms with Crippen molar-refractivity contribution in [3.05, 3.63) is 47.3 Å². The fourth-order valence-corrected chi connectivity index (χ4v) is 2.34. The van der Waals surface area contributed by atoms with E-state index in [-0.39, 0.29) is 12.3 Å². The fraction of sp³-hybridized carbons (Fsp3) is 0.176. The Bertz CT molecular complexity index is 995. The lowest BCUT2D eigenvalue weighted by Gasteiger charge is -2.07. The molecular formula is C17H16N6O3. The second-order valence-corrected chi connectivity index (χ2v) is 5.26. The highest BCUT2D eigenvalue weighted by atomic mass is 16.5. The number of aromatic amines is 1. The maximum absolute atomic E-state index is 11.5. The molecule has 0 bridgehead atoms. The van der Waals surface area contributed by atoms with Gasteiger partial charge in [-0.15, -0.1) is 5.10 Å². The molecule has 0 spiro atoms. The Labute approximate surface area is 149 Å². The van der Waals surface area contributed by atoms with Gasteiger partial charge >= 0.3 is 5.97 Å². The lowest BCUT2D eigenvalue weighted by atomic mass is 10.1. The number of nitrogens with zero attached hydrogens (tertiary/aromatic N) is 4. The molecular weight excluding hydrogens is 336 g/mol. The van der Waals surface area contributed by atoms with Crippen molar-refractivity contribution in [2.75, 3.05) is 7.11 Å². The second kappa shape index (κ2) is 7.40. The van der Waals surface area contributed by atoms with Crippen LogP contribution in [0.1, 0.15) is 21.7 Å². The van der Waals surface area contributed by atoms with Crippen LogP contribution in [0.25, 0.3) is 11.3 Å². The summed E-state index contributed by atoms with van der Waals surface area (Å²) in [6.07, 6.45) is 0. The summed E-state index contributed by atoms with van der Waals surface area (Å²) in [5.74, 6) is 2.63. The van der Waals surface area contributed by atoms with Crippen LogP contribution in [0, 0.1) is 12.0 Å². The second-order valence-electron chi connectivity index (χ2n) is 5.26. The minimum atomic E-state index is -0.517. The summed E-state index contributed by atoms with van der Waals surface area (Å²) in [4.78, 5) is 11.5. The van der Waals surface area contributed by atoms with Gasteiger partial charge in [0.15, 0.2) is 11.4 Å². The molecule has 1 aromatic carbocycles. The third kappa shape index (κ3) is 3.49. The monoisotopic (exact) mass is 352 g/mol. The molecule has 0 aliphatic rings. The Hall–Kier alpha value is -3.80. The summed E-state index contributed by atoms with van der Waals surface area (Å²) in [5, 5.41) is 14.7. The van der Waals surface area contributed by atoms with E-state index in [9.17, 15) is 4.79 Å². The van der Waals surface area contributed by atoms with Crippen molar-refractivity contribution in [3.8, 4) is 29.1 Å². The van der Waals surface area contributed by atoms with Crippen LogP contribution in [0.4, 0.5) is 0 Å². The molecule has 26 heavy (non-hydrogen) atoms. The molecule has 0 fully saturated rings. The number of carbonyl (C=O) groups is 1. The third-order valence-corrected chi connectivity index (χ3v) is 3.56. The van der Waals surface area contributed by atoms with Crippen molar-refractivity contribution in [1.82, 2.24) is 25.2 Å². The Morgan fingerprint density at radius 1 is 1.35 bits per heavy atom. The van der Waals surface area contributed by atoms with Gasteiger partial charge in [0.05, 0.1) is 7.11 Å². The Morgan fingerprint density at radius 3 is 2.96 bits per heavy atom. The maximum Gasteiger partial charge on any atom is 0.358 e. The first-order chi connectivity index (χ1) is 12.6. The van der Waals surface area contributed by atoms with Gasteiger partial charge in [-0.25, -0.2) is 9.48 Å². The largest absolute Gasteiger partial charge is 0.473 e. The van der Waals surface area contributed by atoms with E-state index in [4.69, 9.17) is 10.5 Å². The molecule has 9 heteroatoms. The number of aromatic nitrogens is 5. The van der Waals surface area contributed by atoms with Gasteiger partial charge in [0, 0.05) is 24.7 Å². The Kier molecular flexibility index (Phi) is 4.85. The van der Waals surface area contributed by atoms with Crippen molar-refractivity contribution in [3.63, 3.8) is 0 Å². The summed E-state index contributed by atoms with van der Waals surface area (Å²) < 4.78 is 11.9. The van der Waals surface area contributed by atoms with E-state index < -0.39 is 5.97 Å². The number of methoxy groups -OCH3 is 1. The predicted molar refractivity (Wildman–Crippen MR) is 91.8 cm³/mol. The van der Waals surface area contributed by atoms with Crippen LogP contribution in [-0.4, -0.2) is 38.3 Å². The van der Waals surface area contributed by atoms with Gasteiger partial charge in [-0.1, -0.05) is 18.2 Å². The molecule has 0 saturated heterocycles. The van der Waals surface area contributed by atoms with E-state index >= 15 is 0 Å². The standard InChI is InChI=1S/C17H16N6O3/c1-23-15(9-14(21-23)17(24)25-2)26-10-11-4-3-5-12(8-11)16-13(6-7-18)19-22-20-16/h3-5,8-9H,10,18H2,1-2H3,(H,19,20,22). The van der Waals surface area contributed by atoms with Crippen LogP contribution in [0.3, 0.4) is 0 Å². The predicted octanol–water partition coefficient (Wildman–Crippen LogP) is 0.839. The molecule has 0 atom stereocenters. The number of carbonyl (C=O) groups excluding carboxylic acids is 1. The number of nitrogens with one attached hydrogen (secondary N) is 1. The van der Waals surface area contributed by atoms with E-state index in [1.165, 1.54) is 17.9 Å². The zero-order valence-electron chi connectivity index (χ0n) is 14.2. The van der Waals surface area contributed by atoms with Crippen molar-refractivity contribution in [2.45, 2.75) is 6.61 Å². The molecule has 0 saturated carbocycles. The summed E-state index contributed by atoms with van der Waals surface area (Å²) in [6.45, 7) is 0.281. The van der Waals surface area contributed by atoms with Crippen LogP contribution in [-0.2, 0) is 18.4 Å². The average Bonchev–Trinajstić information content (AvgIpc) is 3.26. The first kappa shape index (κ1) is 17.0. The highest BCUT2D eigenvalue weighted by Crippen LogP contribution is 2.21. The third-order valence-electron chi connectivity index (χ3n) is 3.56. The van der Waals surface area contributed by atoms with Crippen molar-refractivity contribution < 1.29 is 14.3 Å². The molecule has 0 unspecified atom stereocenters. The van der Waals surface area contributed by atoms with E-state index in [0.717, 1.165) is 11.1 Å². The van der Waals surface area contributed by atoms with Crippen LogP contribution < -0.4 is 10.5 Å². The number of hydrogen-bond donors (Lipinski definition) is 2. The molecule has 3 rings (SSSR count). The Morgan fingerprint density at radius 2 is 2.19 bits per heavy atom. The number of ether oxygens (including phenoxy) is 2. The number of hydrogen-bond acceptors (Lipinski definition) is 7. The molecule has 3 aromatic rings. The molecule has 2 aromatic heterocycles. The topological polar surface area (TPSA) is 121 Å². The highest BCUT2D eigenvalue weighted by molar-refractivity contribution is 5.87. The van der Waals surface area contributed by atoms with Crippen LogP contribution in [0.2, 0.25) is 0 Å². The normalized spacial score (nSPS) is 10.1. The van der Waals surface area contributed by atoms with Gasteiger partial charge in [0.2, 0.25) is 5.88 Å². The van der Waals surface area contributed by atoms with Gasteiger partial charge < -0.3 is 15.2 Å².